The predicted octanol–water partition coefficient (Wildman–Crippen LogP) is 8.19. The van der Waals surface area contributed by atoms with E-state index in [-0.39, 0.29) is 0 Å². The second-order valence-corrected chi connectivity index (χ2v) is 6.67. The second kappa shape index (κ2) is 11.9. The van der Waals surface area contributed by atoms with Crippen LogP contribution in [0.25, 0.3) is 0 Å². The largest absolute Gasteiger partial charge is 0.0683 e. The van der Waals surface area contributed by atoms with Crippen molar-refractivity contribution in [1.29, 1.82) is 0 Å². The topological polar surface area (TPSA) is 0 Å². The van der Waals surface area contributed by atoms with Crippen LogP contribution in [0.4, 0.5) is 0 Å². The molecule has 1 fully saturated rings. The van der Waals surface area contributed by atoms with E-state index in [0.717, 1.165) is 0 Å². The molecule has 0 aromatic heterocycles. The van der Waals surface area contributed by atoms with Gasteiger partial charge in [-0.25, -0.2) is 0 Å². The average molecular weight is 339 g/mol. The minimum absolute atomic E-state index is 0.691. The third-order valence-electron chi connectivity index (χ3n) is 5.03. The van der Waals surface area contributed by atoms with Gasteiger partial charge in [-0.05, 0) is 49.7 Å². The van der Waals surface area contributed by atoms with Crippen LogP contribution in [0.5, 0.6) is 0 Å². The highest BCUT2D eigenvalue weighted by Gasteiger charge is 2.26. The van der Waals surface area contributed by atoms with Gasteiger partial charge in [-0.2, -0.15) is 0 Å². The molecule has 0 spiro atoms. The Morgan fingerprint density at radius 2 is 0.840 bits per heavy atom. The molecule has 0 amide bonds. The standard InChI is InChI=1S/C21H26.2C2H6/c1-16-8-12-18(13-9-16)20-6-4-3-5-7-21(20)19-14-10-17(2)11-15-19;2*1-2/h8-15,20-21H,3-7H2,1-2H3;2*1-2H3. The summed E-state index contributed by atoms with van der Waals surface area (Å²) in [6.45, 7) is 12.3. The molecule has 0 saturated heterocycles. The molecule has 25 heavy (non-hydrogen) atoms. The fourth-order valence-electron chi connectivity index (χ4n) is 3.73. The van der Waals surface area contributed by atoms with Crippen molar-refractivity contribution in [2.75, 3.05) is 0 Å². The van der Waals surface area contributed by atoms with Crippen LogP contribution in [0.1, 0.15) is 93.9 Å². The van der Waals surface area contributed by atoms with E-state index in [0.29, 0.717) is 11.8 Å². The highest BCUT2D eigenvalue weighted by molar-refractivity contribution is 5.32. The van der Waals surface area contributed by atoms with Gasteiger partial charge in [-0.15, -0.1) is 0 Å². The van der Waals surface area contributed by atoms with Crippen molar-refractivity contribution in [2.45, 2.75) is 85.5 Å². The van der Waals surface area contributed by atoms with Gasteiger partial charge in [-0.1, -0.05) is 107 Å². The molecule has 1 saturated carbocycles. The molecule has 0 heterocycles. The predicted molar refractivity (Wildman–Crippen MR) is 114 cm³/mol. The summed E-state index contributed by atoms with van der Waals surface area (Å²) in [5.74, 6) is 1.38. The van der Waals surface area contributed by atoms with Gasteiger partial charge in [0.05, 0.1) is 0 Å². The fraction of sp³-hybridized carbons (Fsp3) is 0.520. The van der Waals surface area contributed by atoms with Crippen molar-refractivity contribution >= 4 is 0 Å². The number of rotatable bonds is 2. The molecule has 1 aliphatic carbocycles. The quantitative estimate of drug-likeness (QED) is 0.484. The van der Waals surface area contributed by atoms with Gasteiger partial charge in [0.1, 0.15) is 0 Å². The SMILES string of the molecule is CC.CC.Cc1ccc(C2CCCCCC2c2ccc(C)cc2)cc1. The van der Waals surface area contributed by atoms with E-state index >= 15 is 0 Å². The third kappa shape index (κ3) is 6.34. The fourth-order valence-corrected chi connectivity index (χ4v) is 3.73. The first-order valence-corrected chi connectivity index (χ1v) is 10.4. The molecule has 2 atom stereocenters. The lowest BCUT2D eigenvalue weighted by atomic mass is 9.78. The maximum absolute atomic E-state index is 2.35. The van der Waals surface area contributed by atoms with Crippen LogP contribution in [0.15, 0.2) is 48.5 Å². The molecule has 2 unspecified atom stereocenters. The van der Waals surface area contributed by atoms with E-state index in [1.165, 1.54) is 54.4 Å². The Morgan fingerprint density at radius 1 is 0.520 bits per heavy atom. The van der Waals surface area contributed by atoms with Gasteiger partial charge in [0.25, 0.3) is 0 Å². The highest BCUT2D eigenvalue weighted by atomic mass is 14.3. The zero-order valence-electron chi connectivity index (χ0n) is 17.3. The summed E-state index contributed by atoms with van der Waals surface area (Å²) in [7, 11) is 0. The van der Waals surface area contributed by atoms with Crippen LogP contribution in [0.2, 0.25) is 0 Å². The molecule has 3 rings (SSSR count). The van der Waals surface area contributed by atoms with E-state index in [1.54, 1.807) is 0 Å². The van der Waals surface area contributed by atoms with Crippen molar-refractivity contribution in [3.05, 3.63) is 70.8 Å². The molecule has 0 nitrogen and oxygen atoms in total. The van der Waals surface area contributed by atoms with E-state index in [1.807, 2.05) is 27.7 Å². The Hall–Kier alpha value is -1.56. The summed E-state index contributed by atoms with van der Waals surface area (Å²) >= 11 is 0. The van der Waals surface area contributed by atoms with E-state index in [9.17, 15) is 0 Å². The number of benzene rings is 2. The smallest absolute Gasteiger partial charge is 0.00931 e. The Bertz CT molecular complexity index is 508. The molecule has 1 aliphatic rings. The minimum atomic E-state index is 0.691. The summed E-state index contributed by atoms with van der Waals surface area (Å²) in [5.41, 5.74) is 5.79. The van der Waals surface area contributed by atoms with E-state index < -0.39 is 0 Å². The van der Waals surface area contributed by atoms with Gasteiger partial charge in [0, 0.05) is 0 Å². The summed E-state index contributed by atoms with van der Waals surface area (Å²) in [5, 5.41) is 0. The highest BCUT2D eigenvalue weighted by Crippen LogP contribution is 2.42. The van der Waals surface area contributed by atoms with Gasteiger partial charge in [0.15, 0.2) is 0 Å². The lowest BCUT2D eigenvalue weighted by molar-refractivity contribution is 0.510. The van der Waals surface area contributed by atoms with E-state index in [4.69, 9.17) is 0 Å². The van der Waals surface area contributed by atoms with Crippen LogP contribution in [-0.4, -0.2) is 0 Å². The van der Waals surface area contributed by atoms with Crippen molar-refractivity contribution in [1.82, 2.24) is 0 Å². The number of hydrogen-bond acceptors (Lipinski definition) is 0. The maximum atomic E-state index is 2.35. The average Bonchev–Trinajstić information content (AvgIpc) is 2.92. The zero-order chi connectivity index (χ0) is 18.7. The molecule has 2 aromatic rings. The molecular formula is C25H38. The summed E-state index contributed by atoms with van der Waals surface area (Å²) < 4.78 is 0. The Morgan fingerprint density at radius 3 is 1.16 bits per heavy atom. The second-order valence-electron chi connectivity index (χ2n) is 6.67. The van der Waals surface area contributed by atoms with Crippen LogP contribution in [0, 0.1) is 13.8 Å². The third-order valence-corrected chi connectivity index (χ3v) is 5.03. The van der Waals surface area contributed by atoms with Crippen LogP contribution in [0.3, 0.4) is 0 Å². The summed E-state index contributed by atoms with van der Waals surface area (Å²) in [4.78, 5) is 0. The Balaban J connectivity index is 0.000000730. The van der Waals surface area contributed by atoms with Gasteiger partial charge >= 0.3 is 0 Å². The molecule has 2 aromatic carbocycles. The molecule has 138 valence electrons. The molecule has 0 heteroatoms. The normalized spacial score (nSPS) is 19.6. The van der Waals surface area contributed by atoms with Crippen LogP contribution < -0.4 is 0 Å². The van der Waals surface area contributed by atoms with Crippen LogP contribution in [-0.2, 0) is 0 Å². The minimum Gasteiger partial charge on any atom is -0.0683 e. The monoisotopic (exact) mass is 338 g/mol. The first-order valence-electron chi connectivity index (χ1n) is 10.4. The lowest BCUT2D eigenvalue weighted by Gasteiger charge is -2.26. The molecule has 0 aliphatic heterocycles. The number of hydrogen-bond donors (Lipinski definition) is 0. The summed E-state index contributed by atoms with van der Waals surface area (Å²) in [6, 6.07) is 18.5. The van der Waals surface area contributed by atoms with Crippen molar-refractivity contribution < 1.29 is 0 Å². The molecular weight excluding hydrogens is 300 g/mol. The van der Waals surface area contributed by atoms with Gasteiger partial charge in [-0.3, -0.25) is 0 Å². The van der Waals surface area contributed by atoms with Gasteiger partial charge in [0.2, 0.25) is 0 Å². The van der Waals surface area contributed by atoms with E-state index in [2.05, 4.69) is 62.4 Å². The summed E-state index contributed by atoms with van der Waals surface area (Å²) in [6.07, 6.45) is 6.82. The Kier molecular flexibility index (Phi) is 10.2. The van der Waals surface area contributed by atoms with Crippen LogP contribution >= 0.6 is 0 Å². The van der Waals surface area contributed by atoms with Crippen molar-refractivity contribution in [2.24, 2.45) is 0 Å². The van der Waals surface area contributed by atoms with Gasteiger partial charge < -0.3 is 0 Å². The molecule has 0 N–H and O–H groups in total. The number of aryl methyl sites for hydroxylation is 2. The zero-order valence-corrected chi connectivity index (χ0v) is 17.3. The molecule has 0 radical (unpaired) electrons. The van der Waals surface area contributed by atoms with Crippen molar-refractivity contribution in [3.63, 3.8) is 0 Å². The first-order chi connectivity index (χ1) is 12.2. The lowest BCUT2D eigenvalue weighted by Crippen LogP contribution is -2.10. The maximum Gasteiger partial charge on any atom is -0.00931 e. The van der Waals surface area contributed by atoms with Crippen molar-refractivity contribution in [3.8, 4) is 0 Å². The molecule has 0 bridgehead atoms. The Labute approximate surface area is 156 Å². The first kappa shape index (κ1) is 21.5.